The summed E-state index contributed by atoms with van der Waals surface area (Å²) in [4.78, 5) is 18.2. The summed E-state index contributed by atoms with van der Waals surface area (Å²) in [6, 6.07) is 7.20. The van der Waals surface area contributed by atoms with Crippen LogP contribution < -0.4 is 5.32 Å². The Balaban J connectivity index is 1.89. The molecule has 0 amide bonds. The lowest BCUT2D eigenvalue weighted by molar-refractivity contribution is -0.118. The second kappa shape index (κ2) is 5.69. The lowest BCUT2D eigenvalue weighted by Gasteiger charge is -2.44. The van der Waals surface area contributed by atoms with E-state index in [1.807, 2.05) is 31.6 Å². The fraction of sp³-hybridized carbons (Fsp3) is 0.348. The molecule has 0 saturated carbocycles. The quantitative estimate of drug-likeness (QED) is 0.657. The lowest BCUT2D eigenvalue weighted by Crippen LogP contribution is -2.42. The number of fused-ring (bicyclic) bond motifs is 3. The molecule has 2 aromatic heterocycles. The van der Waals surface area contributed by atoms with Gasteiger partial charge in [0, 0.05) is 35.7 Å². The van der Waals surface area contributed by atoms with E-state index in [9.17, 15) is 9.90 Å². The van der Waals surface area contributed by atoms with Gasteiger partial charge in [0.15, 0.2) is 5.78 Å². The Labute approximate surface area is 169 Å². The van der Waals surface area contributed by atoms with Gasteiger partial charge in [-0.2, -0.15) is 5.10 Å². The Bertz CT molecular complexity index is 1220. The molecule has 1 atom stereocenters. The van der Waals surface area contributed by atoms with Gasteiger partial charge in [-0.25, -0.2) is 4.98 Å². The van der Waals surface area contributed by atoms with Gasteiger partial charge in [-0.15, -0.1) is 0 Å². The molecule has 29 heavy (non-hydrogen) atoms. The van der Waals surface area contributed by atoms with Crippen molar-refractivity contribution in [3.63, 3.8) is 0 Å². The first-order chi connectivity index (χ1) is 13.7. The van der Waals surface area contributed by atoms with Gasteiger partial charge in [0.25, 0.3) is 0 Å². The molecule has 3 aromatic rings. The summed E-state index contributed by atoms with van der Waals surface area (Å²) in [7, 11) is 1.89. The maximum absolute atomic E-state index is 13.5. The van der Waals surface area contributed by atoms with Crippen LogP contribution in [0.1, 0.15) is 44.7 Å². The van der Waals surface area contributed by atoms with Crippen LogP contribution in [0.15, 0.2) is 47.9 Å². The summed E-state index contributed by atoms with van der Waals surface area (Å²) in [5.74, 6) is 1.07. The summed E-state index contributed by atoms with van der Waals surface area (Å²) in [6.07, 6.45) is 4.92. The second-order valence-corrected chi connectivity index (χ2v) is 9.14. The third-order valence-electron chi connectivity index (χ3n) is 6.37. The van der Waals surface area contributed by atoms with Crippen molar-refractivity contribution in [1.82, 2.24) is 14.8 Å². The molecule has 1 aliphatic carbocycles. The smallest absolute Gasteiger partial charge is 0.162 e. The van der Waals surface area contributed by atoms with Crippen LogP contribution in [0.2, 0.25) is 0 Å². The molecule has 1 aliphatic heterocycles. The number of Topliss-reactive ketones (excluding diaryl/α,β-unsaturated/α-hetero) is 1. The number of aromatic hydroxyl groups is 1. The molecule has 148 valence electrons. The number of nitrogens with one attached hydrogen (secondary N) is 1. The van der Waals surface area contributed by atoms with Crippen molar-refractivity contribution >= 4 is 22.5 Å². The van der Waals surface area contributed by atoms with Gasteiger partial charge in [-0.3, -0.25) is 9.48 Å². The minimum Gasteiger partial charge on any atom is -0.508 e. The van der Waals surface area contributed by atoms with Gasteiger partial charge in [0.05, 0.1) is 23.3 Å². The largest absolute Gasteiger partial charge is 0.508 e. The predicted octanol–water partition coefficient (Wildman–Crippen LogP) is 4.05. The normalized spacial score (nSPS) is 23.0. The van der Waals surface area contributed by atoms with Crippen molar-refractivity contribution < 1.29 is 9.90 Å². The number of carbonyl (C=O) groups excluding carboxylic acids is 1. The topological polar surface area (TPSA) is 80.0 Å². The van der Waals surface area contributed by atoms with Crippen LogP contribution in [-0.4, -0.2) is 25.7 Å². The van der Waals surface area contributed by atoms with Crippen molar-refractivity contribution in [2.75, 3.05) is 5.32 Å². The van der Waals surface area contributed by atoms with Crippen molar-refractivity contribution in [3.05, 3.63) is 59.1 Å². The molecule has 0 saturated heterocycles. The minimum atomic E-state index is -0.738. The van der Waals surface area contributed by atoms with Crippen molar-refractivity contribution in [2.45, 2.75) is 39.0 Å². The highest BCUT2D eigenvalue weighted by Gasteiger charge is 2.49. The molecule has 0 spiro atoms. The maximum atomic E-state index is 13.5. The zero-order chi connectivity index (χ0) is 20.6. The van der Waals surface area contributed by atoms with E-state index in [-0.39, 0.29) is 16.9 Å². The Morgan fingerprint density at radius 2 is 1.97 bits per heavy atom. The number of carbonyl (C=O) groups is 1. The van der Waals surface area contributed by atoms with Gasteiger partial charge < -0.3 is 10.4 Å². The monoisotopic (exact) mass is 388 g/mol. The summed E-state index contributed by atoms with van der Waals surface area (Å²) in [6.45, 7) is 6.31. The van der Waals surface area contributed by atoms with E-state index in [0.29, 0.717) is 6.42 Å². The zero-order valence-electron chi connectivity index (χ0n) is 17.1. The SMILES string of the molecule is Cn1ncc2c3c(ncc21)NC1=C(C(=O)CC(C)(C)C1)C3(C)c1cccc(O)c1. The molecule has 2 N–H and O–H groups in total. The van der Waals surface area contributed by atoms with E-state index in [1.165, 1.54) is 0 Å². The zero-order valence-corrected chi connectivity index (χ0v) is 17.1. The molecule has 1 aromatic carbocycles. The van der Waals surface area contributed by atoms with Crippen LogP contribution in [0.5, 0.6) is 5.75 Å². The summed E-state index contributed by atoms with van der Waals surface area (Å²) < 4.78 is 1.79. The highest BCUT2D eigenvalue weighted by Crippen LogP contribution is 2.53. The van der Waals surface area contributed by atoms with Crippen molar-refractivity contribution in [2.24, 2.45) is 12.5 Å². The predicted molar refractivity (Wildman–Crippen MR) is 112 cm³/mol. The number of aromatic nitrogens is 3. The molecule has 6 nitrogen and oxygen atoms in total. The number of hydrogen-bond donors (Lipinski definition) is 2. The fourth-order valence-corrected chi connectivity index (χ4v) is 5.09. The second-order valence-electron chi connectivity index (χ2n) is 9.14. The number of phenols is 1. The molecule has 5 rings (SSSR count). The Morgan fingerprint density at radius 3 is 2.72 bits per heavy atom. The molecule has 3 heterocycles. The van der Waals surface area contributed by atoms with E-state index >= 15 is 0 Å². The van der Waals surface area contributed by atoms with Crippen molar-refractivity contribution in [1.29, 1.82) is 0 Å². The number of allylic oxidation sites excluding steroid dienone is 2. The van der Waals surface area contributed by atoms with Crippen LogP contribution in [0.4, 0.5) is 5.82 Å². The highest BCUT2D eigenvalue weighted by molar-refractivity contribution is 6.05. The standard InChI is InChI=1S/C23H24N4O2/c1-22(2)9-16-20(18(29)10-22)23(3,13-6-5-7-14(28)8-13)19-15-11-25-27(4)17(15)12-24-21(19)26-16/h5-8,11-12,28H,9-10H2,1-4H3,(H,24,26). The first-order valence-corrected chi connectivity index (χ1v) is 9.85. The van der Waals surface area contributed by atoms with E-state index in [1.54, 1.807) is 16.8 Å². The maximum Gasteiger partial charge on any atom is 0.162 e. The van der Waals surface area contributed by atoms with E-state index in [2.05, 4.69) is 31.2 Å². The van der Waals surface area contributed by atoms with Gasteiger partial charge in [-0.1, -0.05) is 26.0 Å². The Morgan fingerprint density at radius 1 is 1.17 bits per heavy atom. The van der Waals surface area contributed by atoms with E-state index < -0.39 is 5.41 Å². The first kappa shape index (κ1) is 17.9. The number of phenolic OH excluding ortho intramolecular Hbond substituents is 1. The first-order valence-electron chi connectivity index (χ1n) is 9.85. The lowest BCUT2D eigenvalue weighted by atomic mass is 9.61. The van der Waals surface area contributed by atoms with Crippen LogP contribution in [0.3, 0.4) is 0 Å². The summed E-state index contributed by atoms with van der Waals surface area (Å²) in [5.41, 5.74) is 3.56. The molecular formula is C23H24N4O2. The van der Waals surface area contributed by atoms with E-state index in [4.69, 9.17) is 4.98 Å². The summed E-state index contributed by atoms with van der Waals surface area (Å²) >= 11 is 0. The molecule has 0 radical (unpaired) electrons. The van der Waals surface area contributed by atoms with Crippen molar-refractivity contribution in [3.8, 4) is 5.75 Å². The number of rotatable bonds is 1. The fourth-order valence-electron chi connectivity index (χ4n) is 5.09. The average Bonchev–Trinajstić information content (AvgIpc) is 3.01. The number of pyridine rings is 1. The van der Waals surface area contributed by atoms with Gasteiger partial charge in [-0.05, 0) is 36.5 Å². The molecule has 2 aliphatic rings. The number of aryl methyl sites for hydroxylation is 1. The number of ketones is 1. The molecular weight excluding hydrogens is 364 g/mol. The van der Waals surface area contributed by atoms with Gasteiger partial charge in [0.2, 0.25) is 0 Å². The van der Waals surface area contributed by atoms with E-state index in [0.717, 1.165) is 45.5 Å². The number of anilines is 1. The average molecular weight is 388 g/mol. The number of nitrogens with zero attached hydrogens (tertiary/aromatic N) is 3. The summed E-state index contributed by atoms with van der Waals surface area (Å²) in [5, 5.41) is 19.1. The van der Waals surface area contributed by atoms with Crippen LogP contribution in [-0.2, 0) is 17.3 Å². The Hall–Kier alpha value is -3.15. The molecule has 0 fully saturated rings. The van der Waals surface area contributed by atoms with Crippen LogP contribution in [0.25, 0.3) is 10.9 Å². The third kappa shape index (κ3) is 2.44. The van der Waals surface area contributed by atoms with Crippen LogP contribution in [0, 0.1) is 5.41 Å². The number of hydrogen-bond acceptors (Lipinski definition) is 5. The third-order valence-corrected chi connectivity index (χ3v) is 6.37. The number of benzene rings is 1. The molecule has 6 heteroatoms. The highest BCUT2D eigenvalue weighted by atomic mass is 16.3. The Kier molecular flexibility index (Phi) is 3.51. The van der Waals surface area contributed by atoms with Gasteiger partial charge in [0.1, 0.15) is 11.6 Å². The van der Waals surface area contributed by atoms with Gasteiger partial charge >= 0.3 is 0 Å². The van der Waals surface area contributed by atoms with Crippen LogP contribution >= 0.6 is 0 Å². The minimum absolute atomic E-state index is 0.113. The molecule has 1 unspecified atom stereocenters. The molecule has 0 bridgehead atoms.